The molecule has 1 unspecified atom stereocenters. The first-order chi connectivity index (χ1) is 7.24. The third kappa shape index (κ3) is 1.91. The molecule has 1 atom stereocenters. The van der Waals surface area contributed by atoms with Crippen molar-refractivity contribution in [2.75, 3.05) is 6.54 Å². The van der Waals surface area contributed by atoms with E-state index in [2.05, 4.69) is 6.07 Å². The first-order valence-corrected chi connectivity index (χ1v) is 5.74. The normalized spacial score (nSPS) is 17.3. The molecule has 0 aliphatic heterocycles. The minimum Gasteiger partial charge on any atom is -0.330 e. The summed E-state index contributed by atoms with van der Waals surface area (Å²) < 4.78 is 14.1. The van der Waals surface area contributed by atoms with Crippen molar-refractivity contribution < 1.29 is 4.39 Å². The number of nitrogens with two attached hydrogens (primary N) is 1. The molecular weight excluding hydrogens is 189 g/mol. The summed E-state index contributed by atoms with van der Waals surface area (Å²) in [6.45, 7) is 2.49. The third-order valence-corrected chi connectivity index (χ3v) is 3.38. The molecule has 2 rings (SSSR count). The summed E-state index contributed by atoms with van der Waals surface area (Å²) in [5.74, 6) is 0.127. The van der Waals surface area contributed by atoms with Gasteiger partial charge >= 0.3 is 0 Å². The molecule has 2 N–H and O–H groups in total. The number of hydrogen-bond donors (Lipinski definition) is 1. The summed E-state index contributed by atoms with van der Waals surface area (Å²) >= 11 is 0. The van der Waals surface area contributed by atoms with Gasteiger partial charge in [-0.3, -0.25) is 0 Å². The van der Waals surface area contributed by atoms with Gasteiger partial charge in [0, 0.05) is 0 Å². The molecule has 1 nitrogen and oxygen atoms in total. The van der Waals surface area contributed by atoms with Crippen LogP contribution in [-0.4, -0.2) is 6.54 Å². The highest BCUT2D eigenvalue weighted by Gasteiger charge is 2.18. The Balaban J connectivity index is 2.43. The predicted octanol–water partition coefficient (Wildman–Crippen LogP) is 2.77. The Labute approximate surface area is 90.5 Å². The van der Waals surface area contributed by atoms with Gasteiger partial charge in [-0.25, -0.2) is 4.39 Å². The van der Waals surface area contributed by atoms with E-state index in [-0.39, 0.29) is 11.7 Å². The van der Waals surface area contributed by atoms with Crippen LogP contribution in [0.5, 0.6) is 0 Å². The summed E-state index contributed by atoms with van der Waals surface area (Å²) in [5, 5.41) is 0. The minimum absolute atomic E-state index is 0.00477. The molecular formula is C13H18FN. The van der Waals surface area contributed by atoms with E-state index >= 15 is 0 Å². The molecule has 0 spiro atoms. The van der Waals surface area contributed by atoms with Crippen LogP contribution in [0.25, 0.3) is 0 Å². The Morgan fingerprint density at radius 2 is 2.07 bits per heavy atom. The molecule has 15 heavy (non-hydrogen) atoms. The maximum absolute atomic E-state index is 14.1. The molecule has 1 aromatic carbocycles. The number of aryl methyl sites for hydroxylation is 1. The molecule has 0 radical (unpaired) electrons. The van der Waals surface area contributed by atoms with Crippen molar-refractivity contribution in [2.24, 2.45) is 5.73 Å². The second kappa shape index (κ2) is 4.31. The molecule has 0 aromatic heterocycles. The van der Waals surface area contributed by atoms with E-state index in [9.17, 15) is 4.39 Å². The molecule has 0 bridgehead atoms. The Bertz CT molecular complexity index is 360. The maximum atomic E-state index is 14.1. The number of hydrogen-bond acceptors (Lipinski definition) is 1. The van der Waals surface area contributed by atoms with E-state index in [0.717, 1.165) is 30.4 Å². The molecule has 2 heteroatoms. The highest BCUT2D eigenvalue weighted by molar-refractivity contribution is 5.37. The van der Waals surface area contributed by atoms with E-state index in [1.165, 1.54) is 12.0 Å². The third-order valence-electron chi connectivity index (χ3n) is 3.38. The Hall–Kier alpha value is -0.890. The van der Waals surface area contributed by atoms with Crippen LogP contribution in [0.4, 0.5) is 4.39 Å². The molecule has 1 aliphatic carbocycles. The molecule has 1 aromatic rings. The molecule has 0 saturated heterocycles. The van der Waals surface area contributed by atoms with E-state index in [1.54, 1.807) is 0 Å². The van der Waals surface area contributed by atoms with Gasteiger partial charge in [0.2, 0.25) is 0 Å². The molecule has 0 saturated carbocycles. The van der Waals surface area contributed by atoms with Gasteiger partial charge in [-0.1, -0.05) is 19.1 Å². The fraction of sp³-hybridized carbons (Fsp3) is 0.538. The minimum atomic E-state index is 0.00477. The lowest BCUT2D eigenvalue weighted by molar-refractivity contribution is 0.553. The van der Waals surface area contributed by atoms with Crippen LogP contribution < -0.4 is 5.73 Å². The lowest BCUT2D eigenvalue weighted by Gasteiger charge is -2.20. The smallest absolute Gasteiger partial charge is 0.130 e. The first kappa shape index (κ1) is 10.6. The van der Waals surface area contributed by atoms with E-state index in [0.29, 0.717) is 6.54 Å². The summed E-state index contributed by atoms with van der Waals surface area (Å²) in [5.41, 5.74) is 8.52. The van der Waals surface area contributed by atoms with E-state index < -0.39 is 0 Å². The van der Waals surface area contributed by atoms with Gasteiger partial charge in [-0.15, -0.1) is 0 Å². The molecule has 0 fully saturated rings. The highest BCUT2D eigenvalue weighted by Crippen LogP contribution is 2.28. The van der Waals surface area contributed by atoms with Crippen molar-refractivity contribution in [3.05, 3.63) is 34.6 Å². The van der Waals surface area contributed by atoms with Crippen molar-refractivity contribution >= 4 is 0 Å². The zero-order chi connectivity index (χ0) is 10.8. The van der Waals surface area contributed by atoms with Gasteiger partial charge in [-0.2, -0.15) is 0 Å². The van der Waals surface area contributed by atoms with Gasteiger partial charge < -0.3 is 5.73 Å². The van der Waals surface area contributed by atoms with Crippen LogP contribution >= 0.6 is 0 Å². The molecule has 82 valence electrons. The second-order valence-electron chi connectivity index (χ2n) is 4.45. The average Bonchev–Trinajstić information content (AvgIpc) is 2.29. The fourth-order valence-corrected chi connectivity index (χ4v) is 2.31. The lowest BCUT2D eigenvalue weighted by atomic mass is 9.87. The summed E-state index contributed by atoms with van der Waals surface area (Å²) in [6, 6.07) is 4.00. The van der Waals surface area contributed by atoms with Crippen LogP contribution in [0.15, 0.2) is 12.1 Å². The zero-order valence-corrected chi connectivity index (χ0v) is 9.22. The summed E-state index contributed by atoms with van der Waals surface area (Å²) in [7, 11) is 0. The zero-order valence-electron chi connectivity index (χ0n) is 9.22. The van der Waals surface area contributed by atoms with Crippen molar-refractivity contribution in [1.82, 2.24) is 0 Å². The predicted molar refractivity (Wildman–Crippen MR) is 60.5 cm³/mol. The SMILES string of the molecule is CC(CN)c1ccc2c(c1F)CCCC2. The maximum Gasteiger partial charge on any atom is 0.130 e. The van der Waals surface area contributed by atoms with E-state index in [1.807, 2.05) is 13.0 Å². The van der Waals surface area contributed by atoms with Crippen LogP contribution in [0.1, 0.15) is 42.4 Å². The van der Waals surface area contributed by atoms with Crippen LogP contribution in [0, 0.1) is 5.82 Å². The monoisotopic (exact) mass is 207 g/mol. The number of rotatable bonds is 2. The van der Waals surface area contributed by atoms with Crippen molar-refractivity contribution in [1.29, 1.82) is 0 Å². The van der Waals surface area contributed by atoms with Gasteiger partial charge in [0.05, 0.1) is 0 Å². The standard InChI is InChI=1S/C13H18FN/c1-9(8-15)11-7-6-10-4-2-3-5-12(10)13(11)14/h6-7,9H,2-5,8,15H2,1H3. The van der Waals surface area contributed by atoms with Crippen LogP contribution in [0.2, 0.25) is 0 Å². The number of benzene rings is 1. The van der Waals surface area contributed by atoms with Crippen molar-refractivity contribution in [2.45, 2.75) is 38.5 Å². The lowest BCUT2D eigenvalue weighted by Crippen LogP contribution is -2.14. The van der Waals surface area contributed by atoms with Gasteiger partial charge in [0.25, 0.3) is 0 Å². The summed E-state index contributed by atoms with van der Waals surface area (Å²) in [4.78, 5) is 0. The quantitative estimate of drug-likeness (QED) is 0.793. The van der Waals surface area contributed by atoms with E-state index in [4.69, 9.17) is 5.73 Å². The van der Waals surface area contributed by atoms with Crippen molar-refractivity contribution in [3.63, 3.8) is 0 Å². The van der Waals surface area contributed by atoms with Crippen LogP contribution in [-0.2, 0) is 12.8 Å². The largest absolute Gasteiger partial charge is 0.330 e. The first-order valence-electron chi connectivity index (χ1n) is 5.74. The second-order valence-corrected chi connectivity index (χ2v) is 4.45. The Morgan fingerprint density at radius 3 is 2.80 bits per heavy atom. The fourth-order valence-electron chi connectivity index (χ4n) is 2.31. The average molecular weight is 207 g/mol. The highest BCUT2D eigenvalue weighted by atomic mass is 19.1. The Kier molecular flexibility index (Phi) is 3.06. The molecule has 0 heterocycles. The molecule has 0 amide bonds. The van der Waals surface area contributed by atoms with Gasteiger partial charge in [0.15, 0.2) is 0 Å². The van der Waals surface area contributed by atoms with Crippen LogP contribution in [0.3, 0.4) is 0 Å². The van der Waals surface area contributed by atoms with Crippen molar-refractivity contribution in [3.8, 4) is 0 Å². The summed E-state index contributed by atoms with van der Waals surface area (Å²) in [6.07, 6.45) is 4.23. The topological polar surface area (TPSA) is 26.0 Å². The van der Waals surface area contributed by atoms with Gasteiger partial charge in [-0.05, 0) is 54.8 Å². The molecule has 1 aliphatic rings. The van der Waals surface area contributed by atoms with Gasteiger partial charge in [0.1, 0.15) is 5.82 Å². The number of halogens is 1. The number of fused-ring (bicyclic) bond motifs is 1. The Morgan fingerprint density at radius 1 is 1.33 bits per heavy atom.